The standard InChI is InChI=1S/C21H44O4/c1-13-14-21(12,24-22-19(8,9)15-17(2,3)4)25-23-20(10,11)16-18(5,6)7/h13-16H2,1-12H3. The Bertz CT molecular complexity index is 354. The summed E-state index contributed by atoms with van der Waals surface area (Å²) in [4.78, 5) is 23.1. The summed E-state index contributed by atoms with van der Waals surface area (Å²) in [5.41, 5.74) is -0.505. The number of hydrogen-bond donors (Lipinski definition) is 0. The Balaban J connectivity index is 4.84. The molecule has 0 aromatic rings. The summed E-state index contributed by atoms with van der Waals surface area (Å²) in [5.74, 6) is -0.931. The third-order valence-corrected chi connectivity index (χ3v) is 3.50. The fraction of sp³-hybridized carbons (Fsp3) is 1.00. The minimum Gasteiger partial charge on any atom is -0.228 e. The van der Waals surface area contributed by atoms with E-state index in [2.05, 4.69) is 48.5 Å². The first-order chi connectivity index (χ1) is 10.9. The summed E-state index contributed by atoms with van der Waals surface area (Å²) in [6, 6.07) is 0. The Morgan fingerprint density at radius 2 is 0.840 bits per heavy atom. The molecule has 0 spiro atoms. The molecule has 0 aromatic carbocycles. The first-order valence-electron chi connectivity index (χ1n) is 9.62. The van der Waals surface area contributed by atoms with Crippen molar-refractivity contribution in [3.05, 3.63) is 0 Å². The smallest absolute Gasteiger partial charge is 0.228 e. The second kappa shape index (κ2) is 8.69. The molecule has 0 heterocycles. The number of rotatable bonds is 10. The monoisotopic (exact) mass is 360 g/mol. The predicted octanol–water partition coefficient (Wildman–Crippen LogP) is 6.83. The van der Waals surface area contributed by atoms with Gasteiger partial charge in [-0.2, -0.15) is 9.78 Å². The fourth-order valence-corrected chi connectivity index (χ4v) is 3.57. The molecule has 0 aromatic heterocycles. The summed E-state index contributed by atoms with van der Waals surface area (Å²) in [5, 5.41) is 0. The molecule has 0 bridgehead atoms. The van der Waals surface area contributed by atoms with Gasteiger partial charge in [-0.15, -0.1) is 0 Å². The van der Waals surface area contributed by atoms with Crippen LogP contribution in [-0.2, 0) is 19.6 Å². The molecule has 4 nitrogen and oxygen atoms in total. The lowest BCUT2D eigenvalue weighted by molar-refractivity contribution is -0.541. The first kappa shape index (κ1) is 24.8. The summed E-state index contributed by atoms with van der Waals surface area (Å²) in [7, 11) is 0. The molecule has 0 saturated heterocycles. The van der Waals surface area contributed by atoms with E-state index in [0.29, 0.717) is 6.42 Å². The quantitative estimate of drug-likeness (QED) is 0.243. The van der Waals surface area contributed by atoms with Crippen molar-refractivity contribution in [1.29, 1.82) is 0 Å². The van der Waals surface area contributed by atoms with Gasteiger partial charge in [-0.25, -0.2) is 9.78 Å². The van der Waals surface area contributed by atoms with Crippen LogP contribution < -0.4 is 0 Å². The van der Waals surface area contributed by atoms with Crippen molar-refractivity contribution in [2.75, 3.05) is 0 Å². The van der Waals surface area contributed by atoms with Gasteiger partial charge < -0.3 is 0 Å². The maximum absolute atomic E-state index is 5.78. The van der Waals surface area contributed by atoms with Gasteiger partial charge in [-0.1, -0.05) is 54.9 Å². The Morgan fingerprint density at radius 3 is 1.08 bits per heavy atom. The maximum Gasteiger partial charge on any atom is 0.231 e. The molecule has 0 aliphatic rings. The molecular weight excluding hydrogens is 316 g/mol. The molecule has 0 rings (SSSR count). The van der Waals surface area contributed by atoms with E-state index in [1.807, 2.05) is 34.6 Å². The van der Waals surface area contributed by atoms with Crippen molar-refractivity contribution >= 4 is 0 Å². The van der Waals surface area contributed by atoms with Crippen LogP contribution in [0.25, 0.3) is 0 Å². The average Bonchev–Trinajstić information content (AvgIpc) is 2.29. The molecule has 0 saturated carbocycles. The summed E-state index contributed by atoms with van der Waals surface area (Å²) >= 11 is 0. The molecular formula is C21H44O4. The fourth-order valence-electron chi connectivity index (χ4n) is 3.57. The zero-order valence-corrected chi connectivity index (χ0v) is 19.0. The minimum atomic E-state index is -0.931. The van der Waals surface area contributed by atoms with Gasteiger partial charge in [-0.3, -0.25) is 0 Å². The van der Waals surface area contributed by atoms with Crippen molar-refractivity contribution in [2.45, 2.75) is 126 Å². The van der Waals surface area contributed by atoms with Crippen molar-refractivity contribution in [2.24, 2.45) is 10.8 Å². The molecule has 152 valence electrons. The van der Waals surface area contributed by atoms with Gasteiger partial charge in [0.25, 0.3) is 0 Å². The second-order valence-electron chi connectivity index (χ2n) is 11.2. The molecule has 25 heavy (non-hydrogen) atoms. The van der Waals surface area contributed by atoms with E-state index in [1.54, 1.807) is 0 Å². The van der Waals surface area contributed by atoms with E-state index in [4.69, 9.17) is 19.6 Å². The molecule has 0 aliphatic heterocycles. The van der Waals surface area contributed by atoms with Gasteiger partial charge in [0.1, 0.15) is 0 Å². The van der Waals surface area contributed by atoms with E-state index in [-0.39, 0.29) is 10.8 Å². The van der Waals surface area contributed by atoms with Crippen molar-refractivity contribution < 1.29 is 19.6 Å². The van der Waals surface area contributed by atoms with Gasteiger partial charge in [0, 0.05) is 6.42 Å². The zero-order valence-electron chi connectivity index (χ0n) is 19.0. The van der Waals surface area contributed by atoms with Gasteiger partial charge in [0.15, 0.2) is 0 Å². The average molecular weight is 361 g/mol. The van der Waals surface area contributed by atoms with Gasteiger partial charge in [-0.05, 0) is 58.3 Å². The topological polar surface area (TPSA) is 36.9 Å². The highest BCUT2D eigenvalue weighted by Gasteiger charge is 2.37. The highest BCUT2D eigenvalue weighted by molar-refractivity contribution is 4.77. The molecule has 0 atom stereocenters. The lowest BCUT2D eigenvalue weighted by Gasteiger charge is -2.37. The lowest BCUT2D eigenvalue weighted by atomic mass is 9.84. The summed E-state index contributed by atoms with van der Waals surface area (Å²) < 4.78 is 0. The summed E-state index contributed by atoms with van der Waals surface area (Å²) in [6.45, 7) is 25.3. The maximum atomic E-state index is 5.78. The molecule has 0 N–H and O–H groups in total. The first-order valence-corrected chi connectivity index (χ1v) is 9.62. The molecule has 0 radical (unpaired) electrons. The van der Waals surface area contributed by atoms with Gasteiger partial charge in [0.05, 0.1) is 11.2 Å². The number of hydrogen-bond acceptors (Lipinski definition) is 4. The van der Waals surface area contributed by atoms with E-state index in [0.717, 1.165) is 19.3 Å². The molecule has 0 amide bonds. The van der Waals surface area contributed by atoms with Crippen LogP contribution in [0.4, 0.5) is 0 Å². The van der Waals surface area contributed by atoms with Crippen LogP contribution in [-0.4, -0.2) is 17.0 Å². The predicted molar refractivity (Wildman–Crippen MR) is 104 cm³/mol. The van der Waals surface area contributed by atoms with E-state index >= 15 is 0 Å². The van der Waals surface area contributed by atoms with Crippen LogP contribution in [0, 0.1) is 10.8 Å². The van der Waals surface area contributed by atoms with Crippen LogP contribution in [0.3, 0.4) is 0 Å². The highest BCUT2D eigenvalue weighted by Crippen LogP contribution is 2.34. The molecule has 0 fully saturated rings. The van der Waals surface area contributed by atoms with Crippen molar-refractivity contribution in [3.63, 3.8) is 0 Å². The van der Waals surface area contributed by atoms with E-state index in [1.165, 1.54) is 0 Å². The molecule has 0 unspecified atom stereocenters. The Morgan fingerprint density at radius 1 is 0.520 bits per heavy atom. The van der Waals surface area contributed by atoms with Gasteiger partial charge in [0.2, 0.25) is 5.79 Å². The van der Waals surface area contributed by atoms with E-state index in [9.17, 15) is 0 Å². The lowest BCUT2D eigenvalue weighted by Crippen LogP contribution is -2.41. The Kier molecular flexibility index (Phi) is 8.63. The second-order valence-corrected chi connectivity index (χ2v) is 11.2. The highest BCUT2D eigenvalue weighted by atomic mass is 17.3. The molecule has 4 heteroatoms. The van der Waals surface area contributed by atoms with E-state index < -0.39 is 17.0 Å². The normalized spacial score (nSPS) is 14.9. The summed E-state index contributed by atoms with van der Waals surface area (Å²) in [6.07, 6.45) is 3.34. The Hall–Kier alpha value is -0.160. The molecule has 0 aliphatic carbocycles. The third kappa shape index (κ3) is 12.8. The third-order valence-electron chi connectivity index (χ3n) is 3.50. The van der Waals surface area contributed by atoms with Crippen LogP contribution in [0.1, 0.15) is 109 Å². The Labute approximate surface area is 156 Å². The zero-order chi connectivity index (χ0) is 20.2. The van der Waals surface area contributed by atoms with Crippen LogP contribution in [0.2, 0.25) is 0 Å². The van der Waals surface area contributed by atoms with Crippen molar-refractivity contribution in [3.8, 4) is 0 Å². The largest absolute Gasteiger partial charge is 0.231 e. The van der Waals surface area contributed by atoms with Crippen LogP contribution in [0.15, 0.2) is 0 Å². The van der Waals surface area contributed by atoms with Crippen LogP contribution in [0.5, 0.6) is 0 Å². The van der Waals surface area contributed by atoms with Crippen LogP contribution >= 0.6 is 0 Å². The minimum absolute atomic E-state index is 0.153. The van der Waals surface area contributed by atoms with Gasteiger partial charge >= 0.3 is 0 Å². The SMILES string of the molecule is CCCC(C)(OOC(C)(C)CC(C)(C)C)OOC(C)(C)CC(C)(C)C. The van der Waals surface area contributed by atoms with Crippen molar-refractivity contribution in [1.82, 2.24) is 0 Å².